The molecule has 1 aliphatic rings. The van der Waals surface area contributed by atoms with Crippen molar-refractivity contribution >= 4 is 32.9 Å². The highest BCUT2D eigenvalue weighted by molar-refractivity contribution is 9.10. The van der Waals surface area contributed by atoms with Crippen LogP contribution in [0.4, 0.5) is 0 Å². The molecule has 0 N–H and O–H groups in total. The van der Waals surface area contributed by atoms with E-state index < -0.39 is 0 Å². The molecule has 6 heteroatoms. The van der Waals surface area contributed by atoms with Gasteiger partial charge in [0.15, 0.2) is 0 Å². The van der Waals surface area contributed by atoms with Crippen LogP contribution in [-0.2, 0) is 13.6 Å². The minimum Gasteiger partial charge on any atom is -0.345 e. The molecular weight excluding hydrogens is 440 g/mol. The molecule has 3 aromatic rings. The van der Waals surface area contributed by atoms with Crippen molar-refractivity contribution in [3.8, 4) is 0 Å². The largest absolute Gasteiger partial charge is 0.345 e. The molecular formula is C24H29BrN4O. The zero-order valence-corrected chi connectivity index (χ0v) is 19.7. The summed E-state index contributed by atoms with van der Waals surface area (Å²) in [5.74, 6) is 0.623. The Morgan fingerprint density at radius 1 is 1.20 bits per heavy atom. The molecule has 4 rings (SSSR count). The molecule has 0 aliphatic carbocycles. The van der Waals surface area contributed by atoms with Crippen LogP contribution in [0.2, 0.25) is 0 Å². The summed E-state index contributed by atoms with van der Waals surface area (Å²) in [5, 5.41) is 1.19. The fourth-order valence-corrected chi connectivity index (χ4v) is 4.74. The van der Waals surface area contributed by atoms with Crippen LogP contribution in [0.3, 0.4) is 0 Å². The lowest BCUT2D eigenvalue weighted by atomic mass is 9.89. The molecule has 1 amide bonds. The number of likely N-dealkylation sites (tertiary alicyclic amines) is 1. The van der Waals surface area contributed by atoms with Gasteiger partial charge in [-0.3, -0.25) is 9.69 Å². The van der Waals surface area contributed by atoms with Gasteiger partial charge in [0, 0.05) is 55.0 Å². The summed E-state index contributed by atoms with van der Waals surface area (Å²) >= 11 is 3.72. The highest BCUT2D eigenvalue weighted by Crippen LogP contribution is 2.31. The molecule has 5 nitrogen and oxygen atoms in total. The van der Waals surface area contributed by atoms with E-state index in [1.807, 2.05) is 18.3 Å². The Morgan fingerprint density at radius 3 is 2.50 bits per heavy atom. The molecule has 0 bridgehead atoms. The topological polar surface area (TPSA) is 41.4 Å². The molecule has 1 fully saturated rings. The first-order chi connectivity index (χ1) is 14.3. The fourth-order valence-electron chi connectivity index (χ4n) is 4.35. The van der Waals surface area contributed by atoms with Gasteiger partial charge in [-0.2, -0.15) is 0 Å². The maximum Gasteiger partial charge on any atom is 0.253 e. The first-order valence-corrected chi connectivity index (χ1v) is 11.3. The maximum atomic E-state index is 12.1. The summed E-state index contributed by atoms with van der Waals surface area (Å²) in [6.07, 6.45) is 4.22. The van der Waals surface area contributed by atoms with Crippen LogP contribution in [0.15, 0.2) is 41.0 Å². The lowest BCUT2D eigenvalue weighted by Gasteiger charge is -2.32. The maximum absolute atomic E-state index is 12.1. The van der Waals surface area contributed by atoms with E-state index in [2.05, 4.69) is 62.6 Å². The summed E-state index contributed by atoms with van der Waals surface area (Å²) in [7, 11) is 5.69. The predicted octanol–water partition coefficient (Wildman–Crippen LogP) is 4.73. The third-order valence-electron chi connectivity index (χ3n) is 6.27. The Bertz CT molecular complexity index is 1060. The van der Waals surface area contributed by atoms with Crippen molar-refractivity contribution in [2.75, 3.05) is 27.2 Å². The highest BCUT2D eigenvalue weighted by atomic mass is 79.9. The molecule has 2 aromatic heterocycles. The fraction of sp³-hybridized carbons (Fsp3) is 0.417. The molecule has 0 atom stereocenters. The molecule has 1 aromatic carbocycles. The second-order valence-corrected chi connectivity index (χ2v) is 9.35. The van der Waals surface area contributed by atoms with Gasteiger partial charge < -0.3 is 9.47 Å². The van der Waals surface area contributed by atoms with Gasteiger partial charge >= 0.3 is 0 Å². The lowest BCUT2D eigenvalue weighted by molar-refractivity contribution is 0.0827. The Labute approximate surface area is 186 Å². The van der Waals surface area contributed by atoms with E-state index in [1.165, 1.54) is 22.2 Å². The van der Waals surface area contributed by atoms with E-state index in [9.17, 15) is 4.79 Å². The van der Waals surface area contributed by atoms with Gasteiger partial charge in [0.2, 0.25) is 0 Å². The first-order valence-electron chi connectivity index (χ1n) is 10.5. The van der Waals surface area contributed by atoms with Gasteiger partial charge in [0.1, 0.15) is 5.65 Å². The number of rotatable bonds is 4. The Morgan fingerprint density at radius 2 is 1.87 bits per heavy atom. The van der Waals surface area contributed by atoms with E-state index in [0.717, 1.165) is 48.2 Å². The van der Waals surface area contributed by atoms with Crippen molar-refractivity contribution in [3.63, 3.8) is 0 Å². The molecule has 0 unspecified atom stereocenters. The minimum atomic E-state index is 0.0580. The summed E-state index contributed by atoms with van der Waals surface area (Å²) < 4.78 is 3.36. The van der Waals surface area contributed by atoms with Crippen LogP contribution in [0, 0.1) is 6.92 Å². The van der Waals surface area contributed by atoms with E-state index >= 15 is 0 Å². The number of halogens is 1. The number of amides is 1. The van der Waals surface area contributed by atoms with Gasteiger partial charge in [-0.1, -0.05) is 12.1 Å². The van der Waals surface area contributed by atoms with Crippen molar-refractivity contribution in [3.05, 3.63) is 63.4 Å². The molecule has 0 radical (unpaired) electrons. The zero-order chi connectivity index (χ0) is 21.4. The predicted molar refractivity (Wildman–Crippen MR) is 125 cm³/mol. The quantitative estimate of drug-likeness (QED) is 0.555. The van der Waals surface area contributed by atoms with Gasteiger partial charge in [0.05, 0.1) is 0 Å². The van der Waals surface area contributed by atoms with Crippen molar-refractivity contribution in [2.24, 2.45) is 7.05 Å². The second kappa shape index (κ2) is 8.52. The number of nitrogens with zero attached hydrogens (tertiary/aromatic N) is 4. The Balaban J connectivity index is 1.41. The van der Waals surface area contributed by atoms with E-state index in [4.69, 9.17) is 0 Å². The molecule has 1 aliphatic heterocycles. The number of fused-ring (bicyclic) bond motifs is 1. The minimum absolute atomic E-state index is 0.0580. The lowest BCUT2D eigenvalue weighted by Crippen LogP contribution is -2.33. The molecule has 1 saturated heterocycles. The number of pyridine rings is 1. The van der Waals surface area contributed by atoms with Crippen LogP contribution in [0.1, 0.15) is 45.9 Å². The molecule has 3 heterocycles. The average molecular weight is 469 g/mol. The van der Waals surface area contributed by atoms with Gasteiger partial charge in [-0.25, -0.2) is 4.98 Å². The smallest absolute Gasteiger partial charge is 0.253 e. The van der Waals surface area contributed by atoms with Crippen molar-refractivity contribution < 1.29 is 4.79 Å². The molecule has 30 heavy (non-hydrogen) atoms. The Kier molecular flexibility index (Phi) is 5.98. The summed E-state index contributed by atoms with van der Waals surface area (Å²) in [6.45, 7) is 5.19. The Hall–Kier alpha value is -2.18. The third kappa shape index (κ3) is 4.03. The molecule has 158 valence electrons. The number of aryl methyl sites for hydroxylation is 2. The average Bonchev–Trinajstić information content (AvgIpc) is 3.07. The summed E-state index contributed by atoms with van der Waals surface area (Å²) in [5.41, 5.74) is 5.60. The molecule has 0 saturated carbocycles. The zero-order valence-electron chi connectivity index (χ0n) is 18.2. The summed E-state index contributed by atoms with van der Waals surface area (Å²) in [6, 6.07) is 10.5. The van der Waals surface area contributed by atoms with Crippen LogP contribution >= 0.6 is 15.9 Å². The third-order valence-corrected chi connectivity index (χ3v) is 7.32. The van der Waals surface area contributed by atoms with E-state index in [0.29, 0.717) is 5.92 Å². The number of carbonyl (C=O) groups excluding carboxylic acids is 1. The van der Waals surface area contributed by atoms with Crippen molar-refractivity contribution in [2.45, 2.75) is 32.2 Å². The summed E-state index contributed by atoms with van der Waals surface area (Å²) in [4.78, 5) is 20.9. The molecule has 0 spiro atoms. The van der Waals surface area contributed by atoms with Gasteiger partial charge in [0.25, 0.3) is 5.91 Å². The van der Waals surface area contributed by atoms with Crippen molar-refractivity contribution in [1.29, 1.82) is 0 Å². The van der Waals surface area contributed by atoms with Gasteiger partial charge in [-0.15, -0.1) is 0 Å². The number of piperidine rings is 1. The standard InChI is InChI=1S/C24H29BrN4O/c1-16-14-26-23-21(22(16)25)13-20(28(23)4)15-29-11-9-18(10-12-29)17-5-7-19(8-6-17)24(30)27(2)3/h5-8,13-14,18H,9-12,15H2,1-4H3. The van der Waals surface area contributed by atoms with Crippen LogP contribution in [-0.4, -0.2) is 52.4 Å². The number of hydrogen-bond donors (Lipinski definition) is 0. The van der Waals surface area contributed by atoms with E-state index in [-0.39, 0.29) is 5.91 Å². The second-order valence-electron chi connectivity index (χ2n) is 8.56. The van der Waals surface area contributed by atoms with Crippen LogP contribution < -0.4 is 0 Å². The SMILES string of the molecule is Cc1cnc2c(cc(CN3CCC(c4ccc(C(=O)N(C)C)cc4)CC3)n2C)c1Br. The van der Waals surface area contributed by atoms with Crippen LogP contribution in [0.25, 0.3) is 11.0 Å². The number of benzene rings is 1. The van der Waals surface area contributed by atoms with Crippen molar-refractivity contribution in [1.82, 2.24) is 19.4 Å². The number of hydrogen-bond acceptors (Lipinski definition) is 3. The number of carbonyl (C=O) groups is 1. The van der Waals surface area contributed by atoms with Gasteiger partial charge in [-0.05, 0) is 84.0 Å². The van der Waals surface area contributed by atoms with Crippen LogP contribution in [0.5, 0.6) is 0 Å². The first kappa shape index (κ1) is 21.1. The number of aromatic nitrogens is 2. The normalized spacial score (nSPS) is 15.6. The van der Waals surface area contributed by atoms with E-state index in [1.54, 1.807) is 19.0 Å². The monoisotopic (exact) mass is 468 g/mol. The highest BCUT2D eigenvalue weighted by Gasteiger charge is 2.22.